The van der Waals surface area contributed by atoms with Gasteiger partial charge in [-0.05, 0) is 27.7 Å². The van der Waals surface area contributed by atoms with Gasteiger partial charge in [-0.25, -0.2) is 0 Å². The zero-order chi connectivity index (χ0) is 11.0. The van der Waals surface area contributed by atoms with Crippen molar-refractivity contribution < 1.29 is 9.80 Å². The fourth-order valence-electron chi connectivity index (χ4n) is 1.79. The number of nitrogens with one attached hydrogen (secondary N) is 2. The quantitative estimate of drug-likeness (QED) is 0.485. The molecule has 0 saturated carbocycles. The molecule has 0 saturated heterocycles. The standard InChI is InChI=1S/C11H26N2S/c1-5-12(6-2)9-11(14)10-13(7-3)8-4/h11,14H,5-10H2,1-4H3/p+1. The van der Waals surface area contributed by atoms with Crippen molar-refractivity contribution in [1.82, 2.24) is 0 Å². The van der Waals surface area contributed by atoms with Crippen LogP contribution in [0.15, 0.2) is 0 Å². The topological polar surface area (TPSA) is 8.88 Å². The van der Waals surface area contributed by atoms with E-state index in [1.54, 1.807) is 9.80 Å². The molecule has 0 radical (unpaired) electrons. The first-order chi connectivity index (χ1) is 6.67. The normalized spacial score (nSPS) is 12.0. The first-order valence-electron chi connectivity index (χ1n) is 6.00. The van der Waals surface area contributed by atoms with E-state index in [2.05, 4.69) is 27.7 Å². The van der Waals surface area contributed by atoms with Gasteiger partial charge in [0, 0.05) is 0 Å². The molecule has 14 heavy (non-hydrogen) atoms. The minimum atomic E-state index is 0.444. The lowest BCUT2D eigenvalue weighted by molar-refractivity contribution is -0.914. The maximum atomic E-state index is 5.51. The molecule has 3 heteroatoms. The summed E-state index contributed by atoms with van der Waals surface area (Å²) < 4.78 is 0. The molecule has 0 aliphatic heterocycles. The molecule has 0 bridgehead atoms. The number of hydrogen-bond donors (Lipinski definition) is 2. The lowest BCUT2D eigenvalue weighted by Crippen LogP contribution is -3.16. The summed E-state index contributed by atoms with van der Waals surface area (Å²) in [7, 11) is 0. The highest BCUT2D eigenvalue weighted by Gasteiger charge is 2.09. The molecular formula is C11H27N2S+. The Labute approximate surface area is 95.1 Å². The van der Waals surface area contributed by atoms with E-state index in [4.69, 9.17) is 12.6 Å². The van der Waals surface area contributed by atoms with Crippen LogP contribution in [0, 0.1) is 0 Å². The Morgan fingerprint density at radius 2 is 1.07 bits per heavy atom. The van der Waals surface area contributed by atoms with Crippen molar-refractivity contribution in [3.05, 3.63) is 0 Å². The molecular weight excluding hydrogens is 192 g/mol. The number of hydrogen-bond acceptors (Lipinski definition) is 1. The lowest BCUT2D eigenvalue weighted by atomic mass is 10.3. The van der Waals surface area contributed by atoms with Gasteiger partial charge < -0.3 is 22.4 Å². The molecule has 0 aromatic carbocycles. The van der Waals surface area contributed by atoms with Gasteiger partial charge in [0.2, 0.25) is 0 Å². The smallest absolute Gasteiger partial charge is 0.0741 e. The van der Waals surface area contributed by atoms with Crippen LogP contribution in [0.3, 0.4) is 0 Å². The van der Waals surface area contributed by atoms with Crippen molar-refractivity contribution in [2.45, 2.75) is 32.9 Å². The van der Waals surface area contributed by atoms with Gasteiger partial charge >= 0.3 is 0 Å². The SMILES string of the molecule is CC[NH+](CC)CC([S-])C[NH+](CC)CC. The second-order valence-electron chi connectivity index (χ2n) is 3.94. The second kappa shape index (κ2) is 8.57. The van der Waals surface area contributed by atoms with Crippen LogP contribution in [-0.2, 0) is 12.6 Å². The average Bonchev–Trinajstić information content (AvgIpc) is 2.22. The zero-order valence-electron chi connectivity index (χ0n) is 10.2. The van der Waals surface area contributed by atoms with Gasteiger partial charge in [0.1, 0.15) is 0 Å². The fraction of sp³-hybridized carbons (Fsp3) is 1.00. The van der Waals surface area contributed by atoms with Crippen LogP contribution >= 0.6 is 0 Å². The molecule has 86 valence electrons. The molecule has 0 spiro atoms. The van der Waals surface area contributed by atoms with Crippen LogP contribution in [0.4, 0.5) is 0 Å². The van der Waals surface area contributed by atoms with Gasteiger partial charge in [-0.3, -0.25) is 0 Å². The Morgan fingerprint density at radius 1 is 0.786 bits per heavy atom. The molecule has 0 rings (SSSR count). The van der Waals surface area contributed by atoms with E-state index >= 15 is 0 Å². The Bertz CT molecular complexity index is 108. The summed E-state index contributed by atoms with van der Waals surface area (Å²) in [6.45, 7) is 16.1. The highest BCUT2D eigenvalue weighted by atomic mass is 32.1. The van der Waals surface area contributed by atoms with Crippen molar-refractivity contribution >= 4 is 12.6 Å². The molecule has 2 nitrogen and oxygen atoms in total. The van der Waals surface area contributed by atoms with E-state index < -0.39 is 0 Å². The Morgan fingerprint density at radius 3 is 1.29 bits per heavy atom. The summed E-state index contributed by atoms with van der Waals surface area (Å²) in [4.78, 5) is 3.27. The van der Waals surface area contributed by atoms with Crippen LogP contribution in [0.5, 0.6) is 0 Å². The van der Waals surface area contributed by atoms with E-state index in [1.807, 2.05) is 0 Å². The van der Waals surface area contributed by atoms with Gasteiger partial charge in [0.15, 0.2) is 0 Å². The van der Waals surface area contributed by atoms with Crippen molar-refractivity contribution in [3.8, 4) is 0 Å². The highest BCUT2D eigenvalue weighted by molar-refractivity contribution is 7.59. The number of rotatable bonds is 8. The Kier molecular flexibility index (Phi) is 8.73. The predicted octanol–water partition coefficient (Wildman–Crippen LogP) is -1.25. The third-order valence-corrected chi connectivity index (χ3v) is 3.37. The van der Waals surface area contributed by atoms with Crippen LogP contribution in [0.1, 0.15) is 27.7 Å². The summed E-state index contributed by atoms with van der Waals surface area (Å²) >= 11 is 5.51. The minimum Gasteiger partial charge on any atom is -0.778 e. The van der Waals surface area contributed by atoms with Gasteiger partial charge in [0.05, 0.1) is 39.3 Å². The zero-order valence-corrected chi connectivity index (χ0v) is 11.0. The van der Waals surface area contributed by atoms with Crippen LogP contribution in [0.25, 0.3) is 0 Å². The summed E-state index contributed by atoms with van der Waals surface area (Å²) in [5.41, 5.74) is 0. The Balaban J connectivity index is 3.77. The summed E-state index contributed by atoms with van der Waals surface area (Å²) in [6.07, 6.45) is 0. The first kappa shape index (κ1) is 14.3. The summed E-state index contributed by atoms with van der Waals surface area (Å²) in [6, 6.07) is 0. The number of quaternary nitrogens is 2. The van der Waals surface area contributed by atoms with Crippen molar-refractivity contribution in [2.24, 2.45) is 0 Å². The monoisotopic (exact) mass is 219 g/mol. The highest BCUT2D eigenvalue weighted by Crippen LogP contribution is 1.74. The van der Waals surface area contributed by atoms with Gasteiger partial charge in [-0.2, -0.15) is 0 Å². The third-order valence-electron chi connectivity index (χ3n) is 3.03. The van der Waals surface area contributed by atoms with Crippen LogP contribution in [0.2, 0.25) is 0 Å². The molecule has 0 aromatic heterocycles. The van der Waals surface area contributed by atoms with E-state index in [-0.39, 0.29) is 0 Å². The lowest BCUT2D eigenvalue weighted by Gasteiger charge is -2.29. The Hall–Kier alpha value is 0.270. The molecule has 0 aromatic rings. The van der Waals surface area contributed by atoms with Crippen molar-refractivity contribution in [2.75, 3.05) is 39.3 Å². The van der Waals surface area contributed by atoms with E-state index in [9.17, 15) is 0 Å². The van der Waals surface area contributed by atoms with Gasteiger partial charge in [-0.1, -0.05) is 5.25 Å². The fourth-order valence-corrected chi connectivity index (χ4v) is 2.26. The van der Waals surface area contributed by atoms with E-state index in [0.717, 1.165) is 13.1 Å². The maximum Gasteiger partial charge on any atom is 0.0741 e. The summed E-state index contributed by atoms with van der Waals surface area (Å²) in [5, 5.41) is 0.444. The molecule has 0 aliphatic rings. The maximum absolute atomic E-state index is 5.51. The van der Waals surface area contributed by atoms with Gasteiger partial charge in [-0.15, -0.1) is 0 Å². The first-order valence-corrected chi connectivity index (χ1v) is 6.47. The second-order valence-corrected chi connectivity index (χ2v) is 4.61. The van der Waals surface area contributed by atoms with E-state index in [1.165, 1.54) is 26.2 Å². The van der Waals surface area contributed by atoms with Crippen LogP contribution in [-0.4, -0.2) is 44.5 Å². The van der Waals surface area contributed by atoms with Crippen molar-refractivity contribution in [1.29, 1.82) is 0 Å². The molecule has 0 atom stereocenters. The third kappa shape index (κ3) is 5.89. The van der Waals surface area contributed by atoms with Crippen LogP contribution < -0.4 is 9.80 Å². The molecule has 0 fully saturated rings. The average molecular weight is 219 g/mol. The summed E-state index contributed by atoms with van der Waals surface area (Å²) in [5.74, 6) is 0. The largest absolute Gasteiger partial charge is 0.778 e. The van der Waals surface area contributed by atoms with Gasteiger partial charge in [0.25, 0.3) is 0 Å². The molecule has 2 N–H and O–H groups in total. The van der Waals surface area contributed by atoms with E-state index in [0.29, 0.717) is 5.25 Å². The molecule has 0 unspecified atom stereocenters. The molecule has 0 heterocycles. The van der Waals surface area contributed by atoms with Crippen molar-refractivity contribution in [3.63, 3.8) is 0 Å². The molecule has 0 amide bonds. The predicted molar refractivity (Wildman–Crippen MR) is 65.0 cm³/mol. The minimum absolute atomic E-state index is 0.444. The molecule has 0 aliphatic carbocycles.